The summed E-state index contributed by atoms with van der Waals surface area (Å²) in [4.78, 5) is 11.1. The SMILES string of the molecule is CC(=O)c1c(N)ccc(I)c1Br. The minimum Gasteiger partial charge on any atom is -0.398 e. The molecular weight excluding hydrogens is 333 g/mol. The molecule has 4 heteroatoms. The van der Waals surface area contributed by atoms with Crippen molar-refractivity contribution in [3.05, 3.63) is 25.7 Å². The van der Waals surface area contributed by atoms with Crippen molar-refractivity contribution in [2.45, 2.75) is 6.92 Å². The van der Waals surface area contributed by atoms with Crippen LogP contribution in [-0.4, -0.2) is 5.78 Å². The molecule has 0 aliphatic heterocycles. The van der Waals surface area contributed by atoms with E-state index in [0.717, 1.165) is 8.04 Å². The van der Waals surface area contributed by atoms with Gasteiger partial charge in [0, 0.05) is 13.7 Å². The lowest BCUT2D eigenvalue weighted by atomic mass is 10.1. The van der Waals surface area contributed by atoms with Crippen LogP contribution in [0.3, 0.4) is 0 Å². The molecule has 0 bridgehead atoms. The van der Waals surface area contributed by atoms with Crippen LogP contribution in [0.2, 0.25) is 0 Å². The second kappa shape index (κ2) is 3.74. The molecule has 0 saturated carbocycles. The van der Waals surface area contributed by atoms with E-state index in [1.807, 2.05) is 6.07 Å². The summed E-state index contributed by atoms with van der Waals surface area (Å²) in [6, 6.07) is 3.61. The maximum atomic E-state index is 11.1. The fourth-order valence-corrected chi connectivity index (χ4v) is 2.01. The topological polar surface area (TPSA) is 43.1 Å². The van der Waals surface area contributed by atoms with Crippen molar-refractivity contribution >= 4 is 50.0 Å². The van der Waals surface area contributed by atoms with Gasteiger partial charge in [-0.15, -0.1) is 0 Å². The molecule has 0 atom stereocenters. The highest BCUT2D eigenvalue weighted by atomic mass is 127. The summed E-state index contributed by atoms with van der Waals surface area (Å²) in [6.45, 7) is 1.51. The predicted octanol–water partition coefficient (Wildman–Crippen LogP) is 2.84. The number of benzene rings is 1. The number of nitrogens with two attached hydrogens (primary N) is 1. The molecule has 0 heterocycles. The number of ketones is 1. The monoisotopic (exact) mass is 339 g/mol. The Labute approximate surface area is 92.8 Å². The van der Waals surface area contributed by atoms with Gasteiger partial charge in [-0.25, -0.2) is 0 Å². The van der Waals surface area contributed by atoms with E-state index in [1.54, 1.807) is 6.07 Å². The molecule has 0 aliphatic carbocycles. The average Bonchev–Trinajstić information content (AvgIpc) is 1.97. The van der Waals surface area contributed by atoms with Crippen molar-refractivity contribution < 1.29 is 4.79 Å². The third-order valence-electron chi connectivity index (χ3n) is 1.48. The lowest BCUT2D eigenvalue weighted by molar-refractivity contribution is 0.101. The summed E-state index contributed by atoms with van der Waals surface area (Å²) >= 11 is 5.47. The van der Waals surface area contributed by atoms with Crippen LogP contribution in [0.4, 0.5) is 5.69 Å². The Bertz CT molecular complexity index is 338. The Balaban J connectivity index is 3.43. The van der Waals surface area contributed by atoms with Gasteiger partial charge >= 0.3 is 0 Å². The molecule has 0 fully saturated rings. The fourth-order valence-electron chi connectivity index (χ4n) is 0.923. The van der Waals surface area contributed by atoms with E-state index in [4.69, 9.17) is 5.73 Å². The van der Waals surface area contributed by atoms with Crippen LogP contribution >= 0.6 is 38.5 Å². The van der Waals surface area contributed by atoms with Crippen LogP contribution in [0.15, 0.2) is 16.6 Å². The van der Waals surface area contributed by atoms with E-state index in [9.17, 15) is 4.79 Å². The van der Waals surface area contributed by atoms with Crippen molar-refractivity contribution in [1.29, 1.82) is 0 Å². The van der Waals surface area contributed by atoms with E-state index in [0.29, 0.717) is 11.3 Å². The summed E-state index contributed by atoms with van der Waals surface area (Å²) in [7, 11) is 0. The highest BCUT2D eigenvalue weighted by Gasteiger charge is 2.11. The molecule has 1 aromatic rings. The Kier molecular flexibility index (Phi) is 3.11. The molecule has 0 aliphatic rings. The summed E-state index contributed by atoms with van der Waals surface area (Å²) in [5.41, 5.74) is 6.73. The minimum absolute atomic E-state index is 0.0158. The highest BCUT2D eigenvalue weighted by molar-refractivity contribution is 14.1. The van der Waals surface area contributed by atoms with Crippen molar-refractivity contribution in [3.8, 4) is 0 Å². The summed E-state index contributed by atoms with van der Waals surface area (Å²) in [5, 5.41) is 0. The number of rotatable bonds is 1. The molecule has 0 aromatic heterocycles. The lowest BCUT2D eigenvalue weighted by Crippen LogP contribution is -2.01. The molecule has 12 heavy (non-hydrogen) atoms. The molecule has 2 nitrogen and oxygen atoms in total. The second-order valence-electron chi connectivity index (χ2n) is 2.38. The van der Waals surface area contributed by atoms with Crippen LogP contribution in [-0.2, 0) is 0 Å². The Morgan fingerprint density at radius 3 is 2.58 bits per heavy atom. The van der Waals surface area contributed by atoms with Gasteiger partial charge in [0.1, 0.15) is 0 Å². The maximum Gasteiger partial charge on any atom is 0.163 e. The van der Waals surface area contributed by atoms with Gasteiger partial charge in [0.05, 0.1) is 5.56 Å². The third-order valence-corrected chi connectivity index (χ3v) is 3.94. The van der Waals surface area contributed by atoms with Gasteiger partial charge in [0.2, 0.25) is 0 Å². The van der Waals surface area contributed by atoms with Crippen LogP contribution in [0, 0.1) is 3.57 Å². The lowest BCUT2D eigenvalue weighted by Gasteiger charge is -2.05. The van der Waals surface area contributed by atoms with Gasteiger partial charge in [0.15, 0.2) is 5.78 Å². The normalized spacial score (nSPS) is 9.92. The summed E-state index contributed by atoms with van der Waals surface area (Å²) in [5.74, 6) is -0.0158. The number of halogens is 2. The average molecular weight is 340 g/mol. The quantitative estimate of drug-likeness (QED) is 0.485. The van der Waals surface area contributed by atoms with Gasteiger partial charge in [-0.1, -0.05) is 0 Å². The number of nitrogen functional groups attached to an aromatic ring is 1. The number of anilines is 1. The molecule has 1 aromatic carbocycles. The highest BCUT2D eigenvalue weighted by Crippen LogP contribution is 2.28. The number of carbonyl (C=O) groups excluding carboxylic acids is 1. The van der Waals surface area contributed by atoms with Crippen molar-refractivity contribution in [1.82, 2.24) is 0 Å². The van der Waals surface area contributed by atoms with Gasteiger partial charge in [-0.3, -0.25) is 4.79 Å². The van der Waals surface area contributed by atoms with E-state index < -0.39 is 0 Å². The zero-order valence-electron chi connectivity index (χ0n) is 6.40. The van der Waals surface area contributed by atoms with Crippen LogP contribution in [0.5, 0.6) is 0 Å². The number of carbonyl (C=O) groups is 1. The van der Waals surface area contributed by atoms with Gasteiger partial charge in [0.25, 0.3) is 0 Å². The smallest absolute Gasteiger partial charge is 0.163 e. The summed E-state index contributed by atoms with van der Waals surface area (Å²) < 4.78 is 1.78. The van der Waals surface area contributed by atoms with E-state index in [2.05, 4.69) is 38.5 Å². The zero-order chi connectivity index (χ0) is 9.30. The second-order valence-corrected chi connectivity index (χ2v) is 4.34. The molecule has 2 N–H and O–H groups in total. The first-order valence-electron chi connectivity index (χ1n) is 3.28. The fraction of sp³-hybridized carbons (Fsp3) is 0.125. The largest absolute Gasteiger partial charge is 0.398 e. The molecule has 0 spiro atoms. The van der Waals surface area contributed by atoms with Crippen LogP contribution in [0.25, 0.3) is 0 Å². The Hall–Kier alpha value is -0.100. The van der Waals surface area contributed by atoms with Crippen LogP contribution in [0.1, 0.15) is 17.3 Å². The zero-order valence-corrected chi connectivity index (χ0v) is 10.1. The van der Waals surface area contributed by atoms with Crippen molar-refractivity contribution in [2.24, 2.45) is 0 Å². The van der Waals surface area contributed by atoms with Gasteiger partial charge in [-0.2, -0.15) is 0 Å². The molecule has 0 amide bonds. The first kappa shape index (κ1) is 9.98. The number of Topliss-reactive ketones (excluding diaryl/α,β-unsaturated/α-hetero) is 1. The molecule has 0 radical (unpaired) electrons. The molecule has 1 rings (SSSR count). The molecule has 0 saturated heterocycles. The van der Waals surface area contributed by atoms with Crippen molar-refractivity contribution in [2.75, 3.05) is 5.73 Å². The first-order valence-corrected chi connectivity index (χ1v) is 5.15. The van der Waals surface area contributed by atoms with Crippen molar-refractivity contribution in [3.63, 3.8) is 0 Å². The Morgan fingerprint density at radius 2 is 2.17 bits per heavy atom. The first-order chi connectivity index (χ1) is 5.54. The molecule has 64 valence electrons. The number of hydrogen-bond donors (Lipinski definition) is 1. The number of hydrogen-bond acceptors (Lipinski definition) is 2. The molecular formula is C8H7BrINO. The van der Waals surface area contributed by atoms with E-state index in [1.165, 1.54) is 6.92 Å². The van der Waals surface area contributed by atoms with Crippen LogP contribution < -0.4 is 5.73 Å². The Morgan fingerprint density at radius 1 is 1.58 bits per heavy atom. The maximum absolute atomic E-state index is 11.1. The van der Waals surface area contributed by atoms with E-state index >= 15 is 0 Å². The standard InChI is InChI=1S/C8H7BrINO/c1-4(12)7-6(11)3-2-5(10)8(7)9/h2-3H,11H2,1H3. The van der Waals surface area contributed by atoms with Gasteiger partial charge in [-0.05, 0) is 57.6 Å². The third kappa shape index (κ3) is 1.80. The van der Waals surface area contributed by atoms with E-state index in [-0.39, 0.29) is 5.78 Å². The van der Waals surface area contributed by atoms with Gasteiger partial charge < -0.3 is 5.73 Å². The summed E-state index contributed by atoms with van der Waals surface area (Å²) in [6.07, 6.45) is 0. The minimum atomic E-state index is -0.0158. The predicted molar refractivity (Wildman–Crippen MR) is 61.3 cm³/mol. The molecule has 0 unspecified atom stereocenters.